The average molecular weight is 224 g/mol. The Hall–Kier alpha value is -1.36. The van der Waals surface area contributed by atoms with Crippen molar-refractivity contribution >= 4 is 11.6 Å². The summed E-state index contributed by atoms with van der Waals surface area (Å²) in [5, 5.41) is 15.1. The molecule has 0 radical (unpaired) electrons. The van der Waals surface area contributed by atoms with Crippen LogP contribution in [0.4, 0.5) is 11.6 Å². The SMILES string of the molecule is CCCNc1cc(NCCCO)nc(C)n1. The smallest absolute Gasteiger partial charge is 0.131 e. The summed E-state index contributed by atoms with van der Waals surface area (Å²) in [7, 11) is 0. The largest absolute Gasteiger partial charge is 0.396 e. The van der Waals surface area contributed by atoms with Crippen LogP contribution >= 0.6 is 0 Å². The molecule has 0 unspecified atom stereocenters. The molecule has 3 N–H and O–H groups in total. The van der Waals surface area contributed by atoms with Gasteiger partial charge in [-0.15, -0.1) is 0 Å². The van der Waals surface area contributed by atoms with Gasteiger partial charge in [0, 0.05) is 25.8 Å². The number of aryl methyl sites for hydroxylation is 1. The second-order valence-corrected chi connectivity index (χ2v) is 3.62. The highest BCUT2D eigenvalue weighted by molar-refractivity contribution is 5.47. The van der Waals surface area contributed by atoms with Gasteiger partial charge in [0.25, 0.3) is 0 Å². The van der Waals surface area contributed by atoms with Gasteiger partial charge in [-0.25, -0.2) is 9.97 Å². The quantitative estimate of drug-likeness (QED) is 0.611. The van der Waals surface area contributed by atoms with Crippen molar-refractivity contribution in [3.63, 3.8) is 0 Å². The first kappa shape index (κ1) is 12.7. The summed E-state index contributed by atoms with van der Waals surface area (Å²) in [6.45, 7) is 5.81. The number of aromatic nitrogens is 2. The standard InChI is InChI=1S/C11H20N4O/c1-3-5-12-10-8-11(13-6-4-7-16)15-9(2)14-10/h8,16H,3-7H2,1-2H3,(H2,12,13,14,15). The van der Waals surface area contributed by atoms with Crippen LogP contribution < -0.4 is 10.6 Å². The van der Waals surface area contributed by atoms with E-state index >= 15 is 0 Å². The topological polar surface area (TPSA) is 70.1 Å². The van der Waals surface area contributed by atoms with Crippen LogP contribution in [0.5, 0.6) is 0 Å². The molecule has 0 aliphatic carbocycles. The molecule has 0 atom stereocenters. The van der Waals surface area contributed by atoms with Crippen LogP contribution in [-0.2, 0) is 0 Å². The third-order valence-corrected chi connectivity index (χ3v) is 2.04. The zero-order valence-corrected chi connectivity index (χ0v) is 9.95. The number of nitrogens with one attached hydrogen (secondary N) is 2. The second-order valence-electron chi connectivity index (χ2n) is 3.62. The number of rotatable bonds is 7. The number of hydrogen-bond donors (Lipinski definition) is 3. The summed E-state index contributed by atoms with van der Waals surface area (Å²) in [6.07, 6.45) is 1.79. The normalized spacial score (nSPS) is 10.2. The molecule has 0 spiro atoms. The second kappa shape index (κ2) is 7.00. The predicted octanol–water partition coefficient (Wildman–Crippen LogP) is 1.40. The van der Waals surface area contributed by atoms with Gasteiger partial charge in [0.2, 0.25) is 0 Å². The number of hydrogen-bond acceptors (Lipinski definition) is 5. The van der Waals surface area contributed by atoms with Crippen LogP contribution in [0.15, 0.2) is 6.07 Å². The van der Waals surface area contributed by atoms with E-state index in [1.54, 1.807) is 0 Å². The Labute approximate surface area is 96.3 Å². The molecule has 0 aromatic carbocycles. The predicted molar refractivity (Wildman–Crippen MR) is 65.7 cm³/mol. The van der Waals surface area contributed by atoms with Gasteiger partial charge >= 0.3 is 0 Å². The summed E-state index contributed by atoms with van der Waals surface area (Å²) < 4.78 is 0. The van der Waals surface area contributed by atoms with Gasteiger partial charge in [-0.1, -0.05) is 6.92 Å². The number of nitrogens with zero attached hydrogens (tertiary/aromatic N) is 2. The maximum atomic E-state index is 8.68. The Morgan fingerprint density at radius 3 is 2.38 bits per heavy atom. The van der Waals surface area contributed by atoms with Gasteiger partial charge in [-0.2, -0.15) is 0 Å². The number of aliphatic hydroxyl groups excluding tert-OH is 1. The summed E-state index contributed by atoms with van der Waals surface area (Å²) in [5.74, 6) is 2.40. The van der Waals surface area contributed by atoms with E-state index in [1.165, 1.54) is 0 Å². The van der Waals surface area contributed by atoms with E-state index in [0.29, 0.717) is 0 Å². The molecule has 0 fully saturated rings. The average Bonchev–Trinajstić information content (AvgIpc) is 2.26. The fraction of sp³-hybridized carbons (Fsp3) is 0.636. The molecule has 90 valence electrons. The molecule has 5 heteroatoms. The molecule has 1 rings (SSSR count). The lowest BCUT2D eigenvalue weighted by Gasteiger charge is -2.09. The van der Waals surface area contributed by atoms with Crippen molar-refractivity contribution < 1.29 is 5.11 Å². The first-order chi connectivity index (χ1) is 7.76. The van der Waals surface area contributed by atoms with E-state index in [9.17, 15) is 0 Å². The lowest BCUT2D eigenvalue weighted by molar-refractivity contribution is 0.292. The van der Waals surface area contributed by atoms with Crippen molar-refractivity contribution in [3.8, 4) is 0 Å². The minimum atomic E-state index is 0.192. The fourth-order valence-electron chi connectivity index (χ4n) is 1.30. The Morgan fingerprint density at radius 1 is 1.19 bits per heavy atom. The molecule has 16 heavy (non-hydrogen) atoms. The Bertz CT molecular complexity index is 317. The van der Waals surface area contributed by atoms with Gasteiger partial charge in [0.1, 0.15) is 17.5 Å². The molecular formula is C11H20N4O. The van der Waals surface area contributed by atoms with E-state index < -0.39 is 0 Å². The van der Waals surface area contributed by atoms with Gasteiger partial charge in [-0.05, 0) is 19.8 Å². The van der Waals surface area contributed by atoms with Crippen molar-refractivity contribution in [2.24, 2.45) is 0 Å². The lowest BCUT2D eigenvalue weighted by Crippen LogP contribution is -2.09. The highest BCUT2D eigenvalue weighted by Gasteiger charge is 2.00. The highest BCUT2D eigenvalue weighted by Crippen LogP contribution is 2.10. The molecule has 0 amide bonds. The summed E-state index contributed by atoms with van der Waals surface area (Å²) in [4.78, 5) is 8.56. The monoisotopic (exact) mass is 224 g/mol. The molecule has 1 aromatic rings. The van der Waals surface area contributed by atoms with E-state index in [0.717, 1.165) is 43.4 Å². The zero-order chi connectivity index (χ0) is 11.8. The van der Waals surface area contributed by atoms with Crippen LogP contribution in [0.1, 0.15) is 25.6 Å². The van der Waals surface area contributed by atoms with E-state index in [4.69, 9.17) is 5.11 Å². The van der Waals surface area contributed by atoms with Crippen LogP contribution in [-0.4, -0.2) is 34.8 Å². The van der Waals surface area contributed by atoms with Crippen LogP contribution in [0.3, 0.4) is 0 Å². The van der Waals surface area contributed by atoms with Gasteiger partial charge < -0.3 is 15.7 Å². The molecule has 0 saturated carbocycles. The molecule has 0 aliphatic rings. The maximum absolute atomic E-state index is 8.68. The minimum absolute atomic E-state index is 0.192. The molecule has 1 aromatic heterocycles. The Morgan fingerprint density at radius 2 is 1.81 bits per heavy atom. The maximum Gasteiger partial charge on any atom is 0.131 e. The fourth-order valence-corrected chi connectivity index (χ4v) is 1.30. The Balaban J connectivity index is 2.58. The summed E-state index contributed by atoms with van der Waals surface area (Å²) in [5.41, 5.74) is 0. The highest BCUT2D eigenvalue weighted by atomic mass is 16.3. The third-order valence-electron chi connectivity index (χ3n) is 2.04. The number of aliphatic hydroxyl groups is 1. The molecule has 0 aliphatic heterocycles. The third kappa shape index (κ3) is 4.44. The van der Waals surface area contributed by atoms with E-state index in [1.807, 2.05) is 13.0 Å². The number of anilines is 2. The molecule has 0 saturated heterocycles. The first-order valence-electron chi connectivity index (χ1n) is 5.70. The van der Waals surface area contributed by atoms with Crippen LogP contribution in [0, 0.1) is 6.92 Å². The molecule has 0 bridgehead atoms. The van der Waals surface area contributed by atoms with E-state index in [-0.39, 0.29) is 6.61 Å². The van der Waals surface area contributed by atoms with E-state index in [2.05, 4.69) is 27.5 Å². The van der Waals surface area contributed by atoms with Crippen molar-refractivity contribution in [1.29, 1.82) is 0 Å². The van der Waals surface area contributed by atoms with Gasteiger partial charge in [0.05, 0.1) is 0 Å². The minimum Gasteiger partial charge on any atom is -0.396 e. The van der Waals surface area contributed by atoms with Crippen LogP contribution in [0.2, 0.25) is 0 Å². The van der Waals surface area contributed by atoms with Crippen molar-refractivity contribution in [1.82, 2.24) is 9.97 Å². The van der Waals surface area contributed by atoms with Crippen LogP contribution in [0.25, 0.3) is 0 Å². The Kier molecular flexibility index (Phi) is 5.56. The summed E-state index contributed by atoms with van der Waals surface area (Å²) in [6, 6.07) is 1.89. The zero-order valence-electron chi connectivity index (χ0n) is 9.95. The first-order valence-corrected chi connectivity index (χ1v) is 5.70. The van der Waals surface area contributed by atoms with Crippen molar-refractivity contribution in [2.45, 2.75) is 26.7 Å². The summed E-state index contributed by atoms with van der Waals surface area (Å²) >= 11 is 0. The lowest BCUT2D eigenvalue weighted by atomic mass is 10.4. The molecule has 1 heterocycles. The van der Waals surface area contributed by atoms with Crippen molar-refractivity contribution in [3.05, 3.63) is 11.9 Å². The molecular weight excluding hydrogens is 204 g/mol. The van der Waals surface area contributed by atoms with Crippen molar-refractivity contribution in [2.75, 3.05) is 30.3 Å². The van der Waals surface area contributed by atoms with Gasteiger partial charge in [-0.3, -0.25) is 0 Å². The molecule has 5 nitrogen and oxygen atoms in total. The van der Waals surface area contributed by atoms with Gasteiger partial charge in [0.15, 0.2) is 0 Å².